The van der Waals surface area contributed by atoms with Crippen molar-refractivity contribution in [3.8, 4) is 11.3 Å². The molecule has 0 unspecified atom stereocenters. The van der Waals surface area contributed by atoms with Gasteiger partial charge in [-0.25, -0.2) is 9.37 Å². The molecule has 4 aromatic rings. The monoisotopic (exact) mass is 487 g/mol. The van der Waals surface area contributed by atoms with Gasteiger partial charge in [-0.1, -0.05) is 41.9 Å². The molecule has 1 fully saturated rings. The van der Waals surface area contributed by atoms with Crippen molar-refractivity contribution >= 4 is 34.3 Å². The van der Waals surface area contributed by atoms with Gasteiger partial charge >= 0.3 is 0 Å². The fraction of sp³-hybridized carbons (Fsp3) is 0.179. The lowest BCUT2D eigenvalue weighted by molar-refractivity contribution is 0.0700. The van der Waals surface area contributed by atoms with Crippen molar-refractivity contribution in [2.75, 3.05) is 13.1 Å². The SMILES string of the molecule is O=C(NC1CCN(C(=O)c2cc(-c3ccc(Cl)cc3)nc3ccccc23)CC1)c1ccc(F)cc1. The largest absolute Gasteiger partial charge is 0.349 e. The Morgan fingerprint density at radius 3 is 2.34 bits per heavy atom. The molecule has 1 saturated heterocycles. The molecule has 2 heterocycles. The van der Waals surface area contributed by atoms with E-state index in [1.165, 1.54) is 24.3 Å². The van der Waals surface area contributed by atoms with Crippen LogP contribution in [0.5, 0.6) is 0 Å². The van der Waals surface area contributed by atoms with Gasteiger partial charge in [0, 0.05) is 40.7 Å². The molecule has 3 aromatic carbocycles. The molecule has 0 radical (unpaired) electrons. The van der Waals surface area contributed by atoms with E-state index in [9.17, 15) is 14.0 Å². The normalized spacial score (nSPS) is 14.2. The molecule has 0 aliphatic carbocycles. The van der Waals surface area contributed by atoms with Crippen LogP contribution in [-0.4, -0.2) is 40.8 Å². The Kier molecular flexibility index (Phi) is 6.47. The third-order valence-electron chi connectivity index (χ3n) is 6.31. The average molecular weight is 488 g/mol. The molecule has 5 rings (SSSR count). The van der Waals surface area contributed by atoms with Gasteiger partial charge in [-0.3, -0.25) is 9.59 Å². The van der Waals surface area contributed by atoms with E-state index in [0.29, 0.717) is 47.8 Å². The van der Waals surface area contributed by atoms with E-state index in [1.807, 2.05) is 47.4 Å². The topological polar surface area (TPSA) is 62.3 Å². The quantitative estimate of drug-likeness (QED) is 0.400. The molecule has 0 spiro atoms. The summed E-state index contributed by atoms with van der Waals surface area (Å²) >= 11 is 6.04. The second-order valence-electron chi connectivity index (χ2n) is 8.63. The lowest BCUT2D eigenvalue weighted by atomic mass is 10.00. The summed E-state index contributed by atoms with van der Waals surface area (Å²) < 4.78 is 13.1. The standard InChI is InChI=1S/C28H23ClFN3O2/c29-20-9-5-18(6-10-20)26-17-24(23-3-1-2-4-25(23)32-26)28(35)33-15-13-22(14-16-33)31-27(34)19-7-11-21(30)12-8-19/h1-12,17,22H,13-16H2,(H,31,34). The second-order valence-corrected chi connectivity index (χ2v) is 9.06. The minimum absolute atomic E-state index is 0.0459. The Hall–Kier alpha value is -3.77. The fourth-order valence-corrected chi connectivity index (χ4v) is 4.51. The van der Waals surface area contributed by atoms with E-state index in [0.717, 1.165) is 16.5 Å². The molecule has 0 atom stereocenters. The molecule has 1 aliphatic heterocycles. The number of aromatic nitrogens is 1. The van der Waals surface area contributed by atoms with Crippen LogP contribution in [0.15, 0.2) is 78.9 Å². The van der Waals surface area contributed by atoms with Crippen molar-refractivity contribution in [1.29, 1.82) is 0 Å². The van der Waals surface area contributed by atoms with Gasteiger partial charge in [-0.2, -0.15) is 0 Å². The fourth-order valence-electron chi connectivity index (χ4n) is 4.39. The zero-order chi connectivity index (χ0) is 24.4. The van der Waals surface area contributed by atoms with Crippen molar-refractivity contribution in [2.24, 2.45) is 0 Å². The van der Waals surface area contributed by atoms with Crippen LogP contribution in [0, 0.1) is 5.82 Å². The Bertz CT molecular complexity index is 1380. The van der Waals surface area contributed by atoms with E-state index >= 15 is 0 Å². The Labute approximate surface area is 207 Å². The van der Waals surface area contributed by atoms with Gasteiger partial charge in [-0.15, -0.1) is 0 Å². The molecule has 5 nitrogen and oxygen atoms in total. The van der Waals surface area contributed by atoms with Crippen molar-refractivity contribution < 1.29 is 14.0 Å². The van der Waals surface area contributed by atoms with Crippen molar-refractivity contribution in [3.05, 3.63) is 101 Å². The molecule has 0 bridgehead atoms. The van der Waals surface area contributed by atoms with Crippen LogP contribution >= 0.6 is 11.6 Å². The predicted molar refractivity (Wildman–Crippen MR) is 135 cm³/mol. The first-order valence-electron chi connectivity index (χ1n) is 11.5. The number of nitrogens with zero attached hydrogens (tertiary/aromatic N) is 2. The summed E-state index contributed by atoms with van der Waals surface area (Å²) in [4.78, 5) is 32.6. The van der Waals surface area contributed by atoms with Crippen molar-refractivity contribution in [3.63, 3.8) is 0 Å². The van der Waals surface area contributed by atoms with Gasteiger partial charge in [0.25, 0.3) is 11.8 Å². The molecule has 1 aromatic heterocycles. The highest BCUT2D eigenvalue weighted by molar-refractivity contribution is 6.30. The van der Waals surface area contributed by atoms with E-state index in [1.54, 1.807) is 12.1 Å². The number of hydrogen-bond acceptors (Lipinski definition) is 3. The van der Waals surface area contributed by atoms with Crippen LogP contribution in [-0.2, 0) is 0 Å². The highest BCUT2D eigenvalue weighted by Crippen LogP contribution is 2.27. The summed E-state index contributed by atoms with van der Waals surface area (Å²) in [6.45, 7) is 1.06. The average Bonchev–Trinajstić information content (AvgIpc) is 2.89. The number of carbonyl (C=O) groups excluding carboxylic acids is 2. The first-order chi connectivity index (χ1) is 17.0. The van der Waals surface area contributed by atoms with E-state index in [2.05, 4.69) is 5.32 Å². The van der Waals surface area contributed by atoms with Crippen LogP contribution in [0.3, 0.4) is 0 Å². The number of nitrogens with one attached hydrogen (secondary N) is 1. The Balaban J connectivity index is 1.33. The minimum Gasteiger partial charge on any atom is -0.349 e. The number of amides is 2. The van der Waals surface area contributed by atoms with Gasteiger partial charge < -0.3 is 10.2 Å². The van der Waals surface area contributed by atoms with E-state index in [4.69, 9.17) is 16.6 Å². The number of para-hydroxylation sites is 1. The number of hydrogen-bond donors (Lipinski definition) is 1. The maximum absolute atomic E-state index is 13.6. The molecule has 35 heavy (non-hydrogen) atoms. The number of likely N-dealkylation sites (tertiary alicyclic amines) is 1. The van der Waals surface area contributed by atoms with Crippen LogP contribution in [0.25, 0.3) is 22.2 Å². The van der Waals surface area contributed by atoms with Crippen LogP contribution in [0.4, 0.5) is 4.39 Å². The lowest BCUT2D eigenvalue weighted by Crippen LogP contribution is -2.46. The molecule has 176 valence electrons. The number of halogens is 2. The van der Waals surface area contributed by atoms with Crippen LogP contribution < -0.4 is 5.32 Å². The van der Waals surface area contributed by atoms with Crippen LogP contribution in [0.1, 0.15) is 33.6 Å². The first-order valence-corrected chi connectivity index (χ1v) is 11.9. The molecule has 2 amide bonds. The van der Waals surface area contributed by atoms with Gasteiger partial charge in [0.1, 0.15) is 5.82 Å². The van der Waals surface area contributed by atoms with Gasteiger partial charge in [0.15, 0.2) is 0 Å². The first kappa shape index (κ1) is 23.0. The zero-order valence-electron chi connectivity index (χ0n) is 18.9. The maximum atomic E-state index is 13.6. The molecule has 1 N–H and O–H groups in total. The zero-order valence-corrected chi connectivity index (χ0v) is 19.6. The molecular formula is C28H23ClFN3O2. The Morgan fingerprint density at radius 2 is 1.63 bits per heavy atom. The minimum atomic E-state index is -0.378. The van der Waals surface area contributed by atoms with Gasteiger partial charge in [0.05, 0.1) is 16.8 Å². The van der Waals surface area contributed by atoms with E-state index < -0.39 is 0 Å². The third kappa shape index (κ3) is 5.03. The number of pyridine rings is 1. The number of rotatable bonds is 4. The predicted octanol–water partition coefficient (Wildman–Crippen LogP) is 5.73. The molecule has 7 heteroatoms. The summed E-state index contributed by atoms with van der Waals surface area (Å²) in [7, 11) is 0. The molecule has 0 saturated carbocycles. The Morgan fingerprint density at radius 1 is 0.943 bits per heavy atom. The van der Waals surface area contributed by atoms with Crippen LogP contribution in [0.2, 0.25) is 5.02 Å². The summed E-state index contributed by atoms with van der Waals surface area (Å²) in [5, 5.41) is 4.44. The van der Waals surface area contributed by atoms with Crippen molar-refractivity contribution in [2.45, 2.75) is 18.9 Å². The van der Waals surface area contributed by atoms with E-state index in [-0.39, 0.29) is 23.7 Å². The highest BCUT2D eigenvalue weighted by atomic mass is 35.5. The molecular weight excluding hydrogens is 465 g/mol. The van der Waals surface area contributed by atoms with Gasteiger partial charge in [-0.05, 0) is 61.4 Å². The summed E-state index contributed by atoms with van der Waals surface area (Å²) in [5.74, 6) is -0.666. The summed E-state index contributed by atoms with van der Waals surface area (Å²) in [5.41, 5.74) is 3.38. The van der Waals surface area contributed by atoms with Crippen molar-refractivity contribution in [1.82, 2.24) is 15.2 Å². The summed E-state index contributed by atoms with van der Waals surface area (Å²) in [6, 6.07) is 22.3. The third-order valence-corrected chi connectivity index (χ3v) is 6.56. The highest BCUT2D eigenvalue weighted by Gasteiger charge is 2.26. The van der Waals surface area contributed by atoms with Gasteiger partial charge in [0.2, 0.25) is 0 Å². The second kappa shape index (κ2) is 9.84. The lowest BCUT2D eigenvalue weighted by Gasteiger charge is -2.32. The summed E-state index contributed by atoms with van der Waals surface area (Å²) in [6.07, 6.45) is 1.29. The number of piperidine rings is 1. The number of fused-ring (bicyclic) bond motifs is 1. The number of carbonyl (C=O) groups is 2. The maximum Gasteiger partial charge on any atom is 0.254 e. The smallest absolute Gasteiger partial charge is 0.254 e. The molecule has 1 aliphatic rings. The number of benzene rings is 3.